The van der Waals surface area contributed by atoms with Crippen LogP contribution in [0, 0.1) is 0 Å². The van der Waals surface area contributed by atoms with Crippen LogP contribution < -0.4 is 10.6 Å². The molecule has 0 aliphatic carbocycles. The van der Waals surface area contributed by atoms with Gasteiger partial charge in [-0.1, -0.05) is 73.5 Å². The van der Waals surface area contributed by atoms with E-state index in [-0.39, 0.29) is 0 Å². The Kier molecular flexibility index (Phi) is 10.9. The van der Waals surface area contributed by atoms with Gasteiger partial charge in [-0.2, -0.15) is 0 Å². The van der Waals surface area contributed by atoms with Gasteiger partial charge in [-0.3, -0.25) is 0 Å². The van der Waals surface area contributed by atoms with Crippen LogP contribution in [0.5, 0.6) is 0 Å². The fraction of sp³-hybridized carbons (Fsp3) is 0.600. The van der Waals surface area contributed by atoms with Gasteiger partial charge in [0.15, 0.2) is 0 Å². The maximum Gasteiger partial charge on any atom is 0.0449 e. The molecule has 2 aromatic carbocycles. The van der Waals surface area contributed by atoms with Crippen molar-refractivity contribution in [2.75, 3.05) is 52.4 Å². The van der Waals surface area contributed by atoms with Crippen LogP contribution in [0.1, 0.15) is 74.6 Å². The maximum atomic E-state index is 3.89. The summed E-state index contributed by atoms with van der Waals surface area (Å²) in [7, 11) is 0. The Morgan fingerprint density at radius 1 is 0.529 bits per heavy atom. The molecule has 2 atom stereocenters. The second kappa shape index (κ2) is 14.6. The molecule has 0 radical (unpaired) electrons. The third-order valence-corrected chi connectivity index (χ3v) is 7.57. The highest BCUT2D eigenvalue weighted by atomic mass is 15.2. The number of rotatable bonds is 13. The fourth-order valence-corrected chi connectivity index (χ4v) is 5.55. The summed E-state index contributed by atoms with van der Waals surface area (Å²) in [5.41, 5.74) is 2.86. The zero-order chi connectivity index (χ0) is 23.3. The van der Waals surface area contributed by atoms with Crippen LogP contribution in [-0.4, -0.2) is 62.2 Å². The summed E-state index contributed by atoms with van der Waals surface area (Å²) in [4.78, 5) is 5.31. The predicted molar refractivity (Wildman–Crippen MR) is 144 cm³/mol. The molecule has 2 aliphatic heterocycles. The molecule has 0 amide bonds. The lowest BCUT2D eigenvalue weighted by Crippen LogP contribution is -2.39. The van der Waals surface area contributed by atoms with E-state index in [9.17, 15) is 0 Å². The van der Waals surface area contributed by atoms with E-state index in [4.69, 9.17) is 0 Å². The van der Waals surface area contributed by atoms with Crippen LogP contribution in [0.3, 0.4) is 0 Å². The minimum absolute atomic E-state index is 0.434. The lowest BCUT2D eigenvalue weighted by Gasteiger charge is -2.31. The maximum absolute atomic E-state index is 3.89. The van der Waals surface area contributed by atoms with Gasteiger partial charge in [-0.15, -0.1) is 0 Å². The molecule has 2 aliphatic rings. The number of piperidine rings is 2. The zero-order valence-electron chi connectivity index (χ0n) is 21.1. The molecule has 4 heteroatoms. The Balaban J connectivity index is 1.21. The quantitative estimate of drug-likeness (QED) is 0.390. The second-order valence-corrected chi connectivity index (χ2v) is 10.3. The molecule has 0 unspecified atom stereocenters. The van der Waals surface area contributed by atoms with E-state index >= 15 is 0 Å². The average Bonchev–Trinajstić information content (AvgIpc) is 2.91. The lowest BCUT2D eigenvalue weighted by molar-refractivity contribution is 0.203. The van der Waals surface area contributed by atoms with Gasteiger partial charge in [0, 0.05) is 25.2 Å². The first-order chi connectivity index (χ1) is 16.9. The number of nitrogens with one attached hydrogen (secondary N) is 2. The number of unbranched alkanes of at least 4 members (excludes halogenated alkanes) is 1. The first-order valence-electron chi connectivity index (χ1n) is 13.9. The molecular formula is C30H46N4. The van der Waals surface area contributed by atoms with E-state index in [2.05, 4.69) is 81.1 Å². The minimum Gasteiger partial charge on any atom is -0.309 e. The van der Waals surface area contributed by atoms with Crippen molar-refractivity contribution in [2.45, 2.75) is 63.5 Å². The van der Waals surface area contributed by atoms with Crippen LogP contribution in [0.15, 0.2) is 60.7 Å². The summed E-state index contributed by atoms with van der Waals surface area (Å²) >= 11 is 0. The Morgan fingerprint density at radius 2 is 0.912 bits per heavy atom. The highest BCUT2D eigenvalue weighted by molar-refractivity contribution is 5.20. The van der Waals surface area contributed by atoms with Crippen molar-refractivity contribution in [1.29, 1.82) is 0 Å². The van der Waals surface area contributed by atoms with Crippen LogP contribution >= 0.6 is 0 Å². The van der Waals surface area contributed by atoms with E-state index in [1.807, 2.05) is 0 Å². The molecule has 4 nitrogen and oxygen atoms in total. The third-order valence-electron chi connectivity index (χ3n) is 7.57. The molecular weight excluding hydrogens is 416 g/mol. The van der Waals surface area contributed by atoms with Gasteiger partial charge in [0.2, 0.25) is 0 Å². The summed E-state index contributed by atoms with van der Waals surface area (Å²) in [5.74, 6) is 0. The summed E-state index contributed by atoms with van der Waals surface area (Å²) in [6, 6.07) is 23.0. The molecule has 186 valence electrons. The molecule has 4 rings (SSSR count). The average molecular weight is 463 g/mol. The van der Waals surface area contributed by atoms with Gasteiger partial charge in [0.25, 0.3) is 0 Å². The molecule has 2 saturated heterocycles. The number of nitrogens with zero attached hydrogens (tertiary/aromatic N) is 2. The highest BCUT2D eigenvalue weighted by Crippen LogP contribution is 2.19. The Labute approximate surface area is 208 Å². The van der Waals surface area contributed by atoms with Gasteiger partial charge in [0.1, 0.15) is 0 Å². The van der Waals surface area contributed by atoms with E-state index in [1.54, 1.807) is 0 Å². The van der Waals surface area contributed by atoms with Crippen molar-refractivity contribution >= 4 is 0 Å². The molecule has 0 spiro atoms. The highest BCUT2D eigenvalue weighted by Gasteiger charge is 2.19. The molecule has 34 heavy (non-hydrogen) atoms. The van der Waals surface area contributed by atoms with Crippen molar-refractivity contribution in [3.63, 3.8) is 0 Å². The molecule has 0 saturated carbocycles. The number of likely N-dealkylation sites (tertiary alicyclic amines) is 2. The summed E-state index contributed by atoms with van der Waals surface area (Å²) in [5, 5.41) is 7.78. The van der Waals surface area contributed by atoms with Crippen LogP contribution in [0.2, 0.25) is 0 Å². The zero-order valence-corrected chi connectivity index (χ0v) is 21.1. The van der Waals surface area contributed by atoms with Gasteiger partial charge < -0.3 is 20.4 Å². The number of hydrogen-bond acceptors (Lipinski definition) is 4. The topological polar surface area (TPSA) is 30.5 Å². The summed E-state index contributed by atoms with van der Waals surface area (Å²) < 4.78 is 0. The lowest BCUT2D eigenvalue weighted by atomic mass is 10.0. The Bertz CT molecular complexity index is 701. The Hall–Kier alpha value is -1.72. The molecule has 2 N–H and O–H groups in total. The van der Waals surface area contributed by atoms with Gasteiger partial charge in [-0.05, 0) is 88.9 Å². The van der Waals surface area contributed by atoms with E-state index in [1.165, 1.54) is 88.7 Å². The van der Waals surface area contributed by atoms with E-state index in [0.717, 1.165) is 26.2 Å². The van der Waals surface area contributed by atoms with Crippen molar-refractivity contribution in [3.05, 3.63) is 71.8 Å². The van der Waals surface area contributed by atoms with Gasteiger partial charge in [0.05, 0.1) is 0 Å². The van der Waals surface area contributed by atoms with Crippen LogP contribution in [0.25, 0.3) is 0 Å². The first kappa shape index (κ1) is 25.4. The normalized spacial score (nSPS) is 19.6. The molecule has 2 fully saturated rings. The first-order valence-corrected chi connectivity index (χ1v) is 13.9. The van der Waals surface area contributed by atoms with E-state index in [0.29, 0.717) is 12.1 Å². The van der Waals surface area contributed by atoms with Gasteiger partial charge in [-0.25, -0.2) is 0 Å². The Morgan fingerprint density at radius 3 is 1.29 bits per heavy atom. The van der Waals surface area contributed by atoms with E-state index < -0.39 is 0 Å². The fourth-order valence-electron chi connectivity index (χ4n) is 5.55. The number of benzene rings is 2. The second-order valence-electron chi connectivity index (χ2n) is 10.3. The molecule has 0 bridgehead atoms. The third kappa shape index (κ3) is 8.49. The molecule has 2 heterocycles. The SMILES string of the molecule is c1ccc([C@@H](CN2CCCCC2)NCCCCN[C@H](CN2CCCCC2)c2ccccc2)cc1. The standard InChI is InChI=1S/C30H46N4/c1-5-15-27(16-6-1)29(25-33-21-11-3-12-22-33)31-19-9-10-20-32-30(28-17-7-2-8-18-28)26-34-23-13-4-14-24-34/h1-2,5-8,15-18,29-32H,3-4,9-14,19-26H2/t29-,30-/m1/s1. The molecule has 0 aromatic heterocycles. The minimum atomic E-state index is 0.434. The van der Waals surface area contributed by atoms with Crippen molar-refractivity contribution < 1.29 is 0 Å². The molecule has 2 aromatic rings. The van der Waals surface area contributed by atoms with Gasteiger partial charge >= 0.3 is 0 Å². The van der Waals surface area contributed by atoms with Crippen molar-refractivity contribution in [1.82, 2.24) is 20.4 Å². The monoisotopic (exact) mass is 462 g/mol. The largest absolute Gasteiger partial charge is 0.309 e. The summed E-state index contributed by atoms with van der Waals surface area (Å²) in [6.07, 6.45) is 10.6. The summed E-state index contributed by atoms with van der Waals surface area (Å²) in [6.45, 7) is 9.45. The number of hydrogen-bond donors (Lipinski definition) is 2. The predicted octanol–water partition coefficient (Wildman–Crippen LogP) is 5.40. The van der Waals surface area contributed by atoms with Crippen LogP contribution in [-0.2, 0) is 0 Å². The smallest absolute Gasteiger partial charge is 0.0449 e. The van der Waals surface area contributed by atoms with Crippen molar-refractivity contribution in [2.24, 2.45) is 0 Å². The van der Waals surface area contributed by atoms with Crippen LogP contribution in [0.4, 0.5) is 0 Å². The van der Waals surface area contributed by atoms with Crippen molar-refractivity contribution in [3.8, 4) is 0 Å².